The Balaban J connectivity index is 1.25. The van der Waals surface area contributed by atoms with Crippen LogP contribution in [0.15, 0.2) is 65.9 Å². The number of aliphatic imine (C=N–C) groups is 1. The molecule has 3 heterocycles. The fourth-order valence-electron chi connectivity index (χ4n) is 5.55. The highest BCUT2D eigenvalue weighted by Crippen LogP contribution is 2.34. The number of imidazole rings is 1. The molecule has 1 amide bonds. The SMILES string of the molecule is CC(C)[C@H](C)C(=O)N1CCC[C@H]1c1ncc(-c2ccc(-c3ccc(C4=CN=C([C@@H](N)C(C)(C)C)C4)cc3)cc2)[nH]1. The van der Waals surface area contributed by atoms with E-state index in [0.717, 1.165) is 54.2 Å². The number of hydrogen-bond acceptors (Lipinski definition) is 4. The molecule has 6 heteroatoms. The van der Waals surface area contributed by atoms with Crippen molar-refractivity contribution in [3.05, 3.63) is 72.3 Å². The van der Waals surface area contributed by atoms with Gasteiger partial charge in [-0.2, -0.15) is 0 Å². The topological polar surface area (TPSA) is 87.4 Å². The van der Waals surface area contributed by atoms with E-state index < -0.39 is 0 Å². The van der Waals surface area contributed by atoms with Crippen molar-refractivity contribution in [2.75, 3.05) is 6.54 Å². The Hall–Kier alpha value is -3.51. The first-order chi connectivity index (χ1) is 19.0. The van der Waals surface area contributed by atoms with Crippen LogP contribution in [0.1, 0.15) is 78.2 Å². The summed E-state index contributed by atoms with van der Waals surface area (Å²) in [6.45, 7) is 13.5. The number of rotatable bonds is 7. The molecule has 6 nitrogen and oxygen atoms in total. The zero-order valence-electron chi connectivity index (χ0n) is 24.7. The maximum absolute atomic E-state index is 13.1. The minimum Gasteiger partial charge on any atom is -0.340 e. The second-order valence-corrected chi connectivity index (χ2v) is 12.9. The monoisotopic (exact) mass is 537 g/mol. The summed E-state index contributed by atoms with van der Waals surface area (Å²) < 4.78 is 0. The lowest BCUT2D eigenvalue weighted by molar-refractivity contribution is -0.137. The average molecular weight is 538 g/mol. The minimum absolute atomic E-state index is 0.00203. The number of carbonyl (C=O) groups excluding carboxylic acids is 1. The minimum atomic E-state index is -0.0434. The summed E-state index contributed by atoms with van der Waals surface area (Å²) in [5.41, 5.74) is 14.3. The van der Waals surface area contributed by atoms with Crippen molar-refractivity contribution in [1.82, 2.24) is 14.9 Å². The zero-order valence-corrected chi connectivity index (χ0v) is 24.7. The molecule has 0 saturated carbocycles. The van der Waals surface area contributed by atoms with Crippen LogP contribution in [0.3, 0.4) is 0 Å². The molecule has 0 spiro atoms. The van der Waals surface area contributed by atoms with Gasteiger partial charge in [0, 0.05) is 36.8 Å². The number of H-pyrrole nitrogens is 1. The number of allylic oxidation sites excluding steroid dienone is 1. The number of nitrogens with zero attached hydrogens (tertiary/aromatic N) is 3. The van der Waals surface area contributed by atoms with Crippen molar-refractivity contribution in [2.24, 2.45) is 28.0 Å². The average Bonchev–Trinajstić information content (AvgIpc) is 3.72. The Morgan fingerprint density at radius 3 is 2.17 bits per heavy atom. The van der Waals surface area contributed by atoms with Gasteiger partial charge in [-0.1, -0.05) is 90.1 Å². The number of carbonyl (C=O) groups is 1. The summed E-state index contributed by atoms with van der Waals surface area (Å²) >= 11 is 0. The number of likely N-dealkylation sites (tertiary alicyclic amines) is 1. The molecule has 1 aromatic heterocycles. The van der Waals surface area contributed by atoms with E-state index in [1.54, 1.807) is 0 Å². The zero-order chi connectivity index (χ0) is 28.6. The number of benzene rings is 2. The number of amides is 1. The second-order valence-electron chi connectivity index (χ2n) is 12.9. The van der Waals surface area contributed by atoms with E-state index in [9.17, 15) is 4.79 Å². The third kappa shape index (κ3) is 5.68. The summed E-state index contributed by atoms with van der Waals surface area (Å²) in [6, 6.07) is 17.2. The lowest BCUT2D eigenvalue weighted by Crippen LogP contribution is -2.41. The van der Waals surface area contributed by atoms with Crippen molar-refractivity contribution < 1.29 is 4.79 Å². The van der Waals surface area contributed by atoms with Crippen LogP contribution in [0.4, 0.5) is 0 Å². The highest BCUT2D eigenvalue weighted by Gasteiger charge is 2.35. The molecular weight excluding hydrogens is 494 g/mol. The summed E-state index contributed by atoms with van der Waals surface area (Å²) in [5, 5.41) is 0. The van der Waals surface area contributed by atoms with Gasteiger partial charge in [0.1, 0.15) is 5.82 Å². The van der Waals surface area contributed by atoms with Gasteiger partial charge in [0.05, 0.1) is 17.9 Å². The summed E-state index contributed by atoms with van der Waals surface area (Å²) in [4.78, 5) is 27.9. The quantitative estimate of drug-likeness (QED) is 0.332. The molecule has 0 radical (unpaired) electrons. The third-order valence-corrected chi connectivity index (χ3v) is 8.67. The molecule has 1 fully saturated rings. The lowest BCUT2D eigenvalue weighted by Gasteiger charge is -2.27. The van der Waals surface area contributed by atoms with Crippen LogP contribution in [0.5, 0.6) is 0 Å². The molecule has 3 atom stereocenters. The van der Waals surface area contributed by atoms with Gasteiger partial charge < -0.3 is 15.6 Å². The predicted molar refractivity (Wildman–Crippen MR) is 165 cm³/mol. The first-order valence-electron chi connectivity index (χ1n) is 14.6. The van der Waals surface area contributed by atoms with Crippen LogP contribution in [0, 0.1) is 17.3 Å². The fourth-order valence-corrected chi connectivity index (χ4v) is 5.55. The number of hydrogen-bond donors (Lipinski definition) is 2. The fraction of sp³-hybridized carbons (Fsp3) is 0.441. The standard InChI is InChI=1S/C34H43N5O/c1-21(2)22(3)33(40)39-17-7-8-30(39)32-37-20-29(38-32)26-15-13-24(14-16-26)23-9-11-25(12-10-23)27-18-28(36-19-27)31(35)34(4,5)6/h9-16,19-22,30-31H,7-8,17-18,35H2,1-6H3,(H,37,38)/t22-,30-,31+/m0/s1. The van der Waals surface area contributed by atoms with Crippen LogP contribution in [0.25, 0.3) is 28.0 Å². The smallest absolute Gasteiger partial charge is 0.226 e. The van der Waals surface area contributed by atoms with Gasteiger partial charge in [0.25, 0.3) is 0 Å². The summed E-state index contributed by atoms with van der Waals surface area (Å²) in [5.74, 6) is 1.46. The molecule has 2 aliphatic heterocycles. The third-order valence-electron chi connectivity index (χ3n) is 8.67. The van der Waals surface area contributed by atoms with Gasteiger partial charge >= 0.3 is 0 Å². The number of nitrogens with one attached hydrogen (secondary N) is 1. The lowest BCUT2D eigenvalue weighted by atomic mass is 9.83. The highest BCUT2D eigenvalue weighted by molar-refractivity contribution is 6.01. The van der Waals surface area contributed by atoms with E-state index in [2.05, 4.69) is 93.1 Å². The van der Waals surface area contributed by atoms with E-state index in [0.29, 0.717) is 5.92 Å². The van der Waals surface area contributed by atoms with Crippen LogP contribution in [0.2, 0.25) is 0 Å². The van der Waals surface area contributed by atoms with Gasteiger partial charge in [-0.15, -0.1) is 0 Å². The van der Waals surface area contributed by atoms with Crippen molar-refractivity contribution in [3.8, 4) is 22.4 Å². The van der Waals surface area contributed by atoms with Crippen LogP contribution >= 0.6 is 0 Å². The first kappa shape index (κ1) is 28.0. The van der Waals surface area contributed by atoms with Gasteiger partial charge in [-0.3, -0.25) is 9.79 Å². The van der Waals surface area contributed by atoms with Crippen LogP contribution < -0.4 is 5.73 Å². The molecule has 2 aromatic carbocycles. The van der Waals surface area contributed by atoms with E-state index in [4.69, 9.17) is 10.7 Å². The van der Waals surface area contributed by atoms with Gasteiger partial charge in [0.15, 0.2) is 0 Å². The molecule has 2 aliphatic rings. The Bertz CT molecular complexity index is 1410. The molecule has 40 heavy (non-hydrogen) atoms. The van der Waals surface area contributed by atoms with E-state index in [-0.39, 0.29) is 29.3 Å². The normalized spacial score (nSPS) is 19.1. The van der Waals surface area contributed by atoms with Gasteiger partial charge in [0.2, 0.25) is 5.91 Å². The molecular formula is C34H43N5O. The first-order valence-corrected chi connectivity index (χ1v) is 14.6. The molecule has 0 unspecified atom stereocenters. The molecule has 210 valence electrons. The number of aromatic nitrogens is 2. The highest BCUT2D eigenvalue weighted by atomic mass is 16.2. The van der Waals surface area contributed by atoms with Crippen molar-refractivity contribution >= 4 is 17.2 Å². The van der Waals surface area contributed by atoms with Gasteiger partial charge in [-0.05, 0) is 52.0 Å². The molecule has 1 saturated heterocycles. The Morgan fingerprint density at radius 2 is 1.57 bits per heavy atom. The Morgan fingerprint density at radius 1 is 0.975 bits per heavy atom. The molecule has 5 rings (SSSR count). The number of aromatic amines is 1. The Kier molecular flexibility index (Phi) is 7.83. The maximum atomic E-state index is 13.1. The number of nitrogens with two attached hydrogens (primary N) is 1. The van der Waals surface area contributed by atoms with Crippen LogP contribution in [-0.4, -0.2) is 39.1 Å². The van der Waals surface area contributed by atoms with Crippen molar-refractivity contribution in [3.63, 3.8) is 0 Å². The van der Waals surface area contributed by atoms with Crippen molar-refractivity contribution in [2.45, 2.75) is 72.9 Å². The van der Waals surface area contributed by atoms with E-state index in [1.165, 1.54) is 16.7 Å². The molecule has 0 bridgehead atoms. The molecule has 3 N–H and O–H groups in total. The Labute approximate surface area is 238 Å². The van der Waals surface area contributed by atoms with Crippen LogP contribution in [-0.2, 0) is 4.79 Å². The van der Waals surface area contributed by atoms with E-state index in [1.807, 2.05) is 24.2 Å². The molecule has 0 aliphatic carbocycles. The molecule has 3 aromatic rings. The summed E-state index contributed by atoms with van der Waals surface area (Å²) in [7, 11) is 0. The van der Waals surface area contributed by atoms with Crippen molar-refractivity contribution in [1.29, 1.82) is 0 Å². The maximum Gasteiger partial charge on any atom is 0.226 e. The van der Waals surface area contributed by atoms with Gasteiger partial charge in [-0.25, -0.2) is 4.98 Å². The van der Waals surface area contributed by atoms with E-state index >= 15 is 0 Å². The largest absolute Gasteiger partial charge is 0.340 e. The second kappa shape index (κ2) is 11.2. The summed E-state index contributed by atoms with van der Waals surface area (Å²) in [6.07, 6.45) is 6.63. The predicted octanol–water partition coefficient (Wildman–Crippen LogP) is 7.26.